The molecule has 6 heteroatoms. The van der Waals surface area contributed by atoms with Crippen LogP contribution in [-0.4, -0.2) is 32.8 Å². The van der Waals surface area contributed by atoms with Gasteiger partial charge in [-0.25, -0.2) is 4.98 Å². The molecule has 0 atom stereocenters. The molecule has 1 aliphatic carbocycles. The van der Waals surface area contributed by atoms with Crippen molar-refractivity contribution in [2.75, 3.05) is 7.11 Å². The number of ether oxygens (including phenoxy) is 1. The molecule has 3 heterocycles. The average molecular weight is 338 g/mol. The number of hydrogen-bond acceptors (Lipinski definition) is 5. The zero-order valence-electron chi connectivity index (χ0n) is 15.0. The number of H-pyrrole nitrogens is 1. The number of pyridine rings is 1. The number of hydrogen-bond donors (Lipinski definition) is 1. The van der Waals surface area contributed by atoms with E-state index in [0.29, 0.717) is 23.5 Å². The second-order valence-electron chi connectivity index (χ2n) is 5.70. The molecule has 3 aromatic rings. The van der Waals surface area contributed by atoms with E-state index in [0.717, 1.165) is 40.9 Å². The fraction of sp³-hybridized carbons (Fsp3) is 0.368. The topological polar surface area (TPSA) is 80.8 Å². The molecule has 3 aromatic heterocycles. The summed E-state index contributed by atoms with van der Waals surface area (Å²) < 4.78 is 5.13. The van der Waals surface area contributed by atoms with Gasteiger partial charge in [-0.2, -0.15) is 4.98 Å². The van der Waals surface area contributed by atoms with E-state index in [-0.39, 0.29) is 5.78 Å². The highest BCUT2D eigenvalue weighted by Gasteiger charge is 2.25. The summed E-state index contributed by atoms with van der Waals surface area (Å²) in [4.78, 5) is 28.5. The van der Waals surface area contributed by atoms with E-state index in [1.165, 1.54) is 7.11 Å². The molecule has 25 heavy (non-hydrogen) atoms. The van der Waals surface area contributed by atoms with Crippen molar-refractivity contribution in [1.82, 2.24) is 19.9 Å². The number of methoxy groups -OCH3 is 1. The maximum absolute atomic E-state index is 12.2. The Morgan fingerprint density at radius 3 is 2.72 bits per heavy atom. The summed E-state index contributed by atoms with van der Waals surface area (Å²) in [5, 5.41) is 0. The molecule has 0 saturated heterocycles. The highest BCUT2D eigenvalue weighted by atomic mass is 16.5. The third-order valence-electron chi connectivity index (χ3n) is 4.35. The van der Waals surface area contributed by atoms with Crippen LogP contribution >= 0.6 is 0 Å². The molecule has 6 nitrogen and oxygen atoms in total. The number of ketones is 1. The van der Waals surface area contributed by atoms with Gasteiger partial charge < -0.3 is 9.72 Å². The third-order valence-corrected chi connectivity index (χ3v) is 4.35. The number of rotatable bonds is 2. The molecule has 0 amide bonds. The summed E-state index contributed by atoms with van der Waals surface area (Å²) in [6, 6.07) is 2.21. The quantitative estimate of drug-likeness (QED) is 0.767. The summed E-state index contributed by atoms with van der Waals surface area (Å²) in [6.07, 6.45) is 5.81. The van der Waals surface area contributed by atoms with Gasteiger partial charge in [-0.05, 0) is 31.4 Å². The summed E-state index contributed by atoms with van der Waals surface area (Å²) in [6.45, 7) is 5.98. The van der Waals surface area contributed by atoms with E-state index in [1.807, 2.05) is 26.8 Å². The first kappa shape index (κ1) is 17.1. The Morgan fingerprint density at radius 2 is 2.00 bits per heavy atom. The summed E-state index contributed by atoms with van der Waals surface area (Å²) in [5.74, 6) is 0.219. The number of aromatic nitrogens is 4. The van der Waals surface area contributed by atoms with Crippen molar-refractivity contribution in [1.29, 1.82) is 0 Å². The molecule has 130 valence electrons. The lowest BCUT2D eigenvalue weighted by Gasteiger charge is -2.09. The van der Waals surface area contributed by atoms with Gasteiger partial charge in [-0.15, -0.1) is 0 Å². The third kappa shape index (κ3) is 2.88. The molecule has 0 spiro atoms. The Hall–Kier alpha value is -2.76. The highest BCUT2D eigenvalue weighted by molar-refractivity contribution is 6.02. The minimum atomic E-state index is 0.219. The van der Waals surface area contributed by atoms with E-state index in [4.69, 9.17) is 4.74 Å². The van der Waals surface area contributed by atoms with E-state index in [9.17, 15) is 4.79 Å². The maximum Gasteiger partial charge on any atom is 0.316 e. The van der Waals surface area contributed by atoms with Crippen LogP contribution in [0.5, 0.6) is 6.01 Å². The molecule has 4 rings (SSSR count). The minimum absolute atomic E-state index is 0.219. The minimum Gasteiger partial charge on any atom is -0.467 e. The van der Waals surface area contributed by atoms with Crippen molar-refractivity contribution in [3.05, 3.63) is 35.3 Å². The Labute approximate surface area is 146 Å². The van der Waals surface area contributed by atoms with E-state index in [2.05, 4.69) is 19.9 Å². The fourth-order valence-corrected chi connectivity index (χ4v) is 3.27. The molecule has 0 fully saturated rings. The van der Waals surface area contributed by atoms with Gasteiger partial charge in [0.05, 0.1) is 19.0 Å². The first-order valence-electron chi connectivity index (χ1n) is 8.60. The van der Waals surface area contributed by atoms with Crippen LogP contribution in [0.25, 0.3) is 22.3 Å². The fourth-order valence-electron chi connectivity index (χ4n) is 3.27. The first-order chi connectivity index (χ1) is 12.2. The van der Waals surface area contributed by atoms with Gasteiger partial charge in [-0.1, -0.05) is 13.8 Å². The van der Waals surface area contributed by atoms with Crippen LogP contribution in [-0.2, 0) is 6.42 Å². The van der Waals surface area contributed by atoms with E-state index >= 15 is 0 Å². The van der Waals surface area contributed by atoms with Crippen LogP contribution in [0.1, 0.15) is 48.3 Å². The number of nitrogens with one attached hydrogen (secondary N) is 1. The largest absolute Gasteiger partial charge is 0.467 e. The summed E-state index contributed by atoms with van der Waals surface area (Å²) in [7, 11) is 1.54. The number of aryl methyl sites for hydroxylation is 1. The molecule has 1 aliphatic rings. The highest BCUT2D eigenvalue weighted by Crippen LogP contribution is 2.34. The molecule has 0 aliphatic heterocycles. The maximum atomic E-state index is 12.2. The van der Waals surface area contributed by atoms with Crippen LogP contribution < -0.4 is 4.74 Å². The van der Waals surface area contributed by atoms with Gasteiger partial charge in [-0.3, -0.25) is 9.78 Å². The van der Waals surface area contributed by atoms with Crippen molar-refractivity contribution < 1.29 is 9.53 Å². The van der Waals surface area contributed by atoms with Gasteiger partial charge in [0.25, 0.3) is 0 Å². The van der Waals surface area contributed by atoms with Gasteiger partial charge >= 0.3 is 6.01 Å². The molecule has 1 N–H and O–H groups in total. The molecular formula is C19H22N4O2. The van der Waals surface area contributed by atoms with Gasteiger partial charge in [0.2, 0.25) is 0 Å². The molecule has 0 aromatic carbocycles. The summed E-state index contributed by atoms with van der Waals surface area (Å²) in [5.41, 5.74) is 6.11. The lowest BCUT2D eigenvalue weighted by Crippen LogP contribution is -2.09. The van der Waals surface area contributed by atoms with Crippen LogP contribution in [0.3, 0.4) is 0 Å². The smallest absolute Gasteiger partial charge is 0.316 e. The Kier molecular flexibility index (Phi) is 4.79. The summed E-state index contributed by atoms with van der Waals surface area (Å²) >= 11 is 0. The SMILES string of the molecule is CC.COc1ncc2nccc(-c3[nH]c4c(c3C)C(=O)CCC4)c2n1. The molecule has 0 radical (unpaired) electrons. The molecule has 0 saturated carbocycles. The van der Waals surface area contributed by atoms with Crippen molar-refractivity contribution >= 4 is 16.8 Å². The number of nitrogens with zero attached hydrogens (tertiary/aromatic N) is 3. The van der Waals surface area contributed by atoms with Gasteiger partial charge in [0.15, 0.2) is 5.78 Å². The normalized spacial score (nSPS) is 13.2. The van der Waals surface area contributed by atoms with Crippen molar-refractivity contribution in [2.24, 2.45) is 0 Å². The van der Waals surface area contributed by atoms with Crippen LogP contribution in [0, 0.1) is 6.92 Å². The second-order valence-corrected chi connectivity index (χ2v) is 5.70. The van der Waals surface area contributed by atoms with Crippen LogP contribution in [0.2, 0.25) is 0 Å². The number of Topliss-reactive ketones (excluding diaryl/α,β-unsaturated/α-hetero) is 1. The average Bonchev–Trinajstić information content (AvgIpc) is 3.00. The Morgan fingerprint density at radius 1 is 1.20 bits per heavy atom. The van der Waals surface area contributed by atoms with Gasteiger partial charge in [0, 0.05) is 29.4 Å². The first-order valence-corrected chi connectivity index (χ1v) is 8.60. The molecular weight excluding hydrogens is 316 g/mol. The lowest BCUT2D eigenvalue weighted by atomic mass is 9.93. The second kappa shape index (κ2) is 7.01. The number of fused-ring (bicyclic) bond motifs is 2. The molecule has 0 unspecified atom stereocenters. The predicted molar refractivity (Wildman–Crippen MR) is 97.0 cm³/mol. The number of carbonyl (C=O) groups is 1. The van der Waals surface area contributed by atoms with Crippen molar-refractivity contribution in [3.8, 4) is 17.3 Å². The standard InChI is InChI=1S/C17H16N4O2.C2H6/c1-9-14-11(4-3-5-13(14)22)20-15(9)10-6-7-18-12-8-19-17(23-2)21-16(10)12;1-2/h6-8,20H,3-5H2,1-2H3;1-2H3. The Bertz CT molecular complexity index is 931. The van der Waals surface area contributed by atoms with Crippen molar-refractivity contribution in [3.63, 3.8) is 0 Å². The number of aromatic amines is 1. The Balaban J connectivity index is 0.000000880. The van der Waals surface area contributed by atoms with Crippen molar-refractivity contribution in [2.45, 2.75) is 40.0 Å². The van der Waals surface area contributed by atoms with E-state index in [1.54, 1.807) is 12.4 Å². The van der Waals surface area contributed by atoms with Gasteiger partial charge in [0.1, 0.15) is 11.0 Å². The monoisotopic (exact) mass is 338 g/mol. The zero-order valence-corrected chi connectivity index (χ0v) is 15.0. The zero-order chi connectivity index (χ0) is 18.0. The molecule has 0 bridgehead atoms. The van der Waals surface area contributed by atoms with E-state index < -0.39 is 0 Å². The predicted octanol–water partition coefficient (Wildman–Crippen LogP) is 3.88. The number of carbonyl (C=O) groups excluding carboxylic acids is 1. The lowest BCUT2D eigenvalue weighted by molar-refractivity contribution is 0.0972. The van der Waals surface area contributed by atoms with Crippen LogP contribution in [0.4, 0.5) is 0 Å². The van der Waals surface area contributed by atoms with Crippen LogP contribution in [0.15, 0.2) is 18.5 Å².